The number of rotatable bonds is 6. The Morgan fingerprint density at radius 3 is 1.94 bits per heavy atom. The number of ether oxygens (including phenoxy) is 3. The van der Waals surface area contributed by atoms with E-state index in [9.17, 15) is 5.11 Å². The molecule has 0 aromatic heterocycles. The average Bonchev–Trinajstić information content (AvgIpc) is 3.51. The third-order valence-electron chi connectivity index (χ3n) is 4.56. The molecule has 1 aromatic carbocycles. The van der Waals surface area contributed by atoms with E-state index in [0.29, 0.717) is 13.2 Å². The minimum absolute atomic E-state index is 0. The van der Waals surface area contributed by atoms with Crippen LogP contribution >= 0.6 is 0 Å². The van der Waals surface area contributed by atoms with Crippen molar-refractivity contribution in [3.63, 3.8) is 0 Å². The summed E-state index contributed by atoms with van der Waals surface area (Å²) in [6, 6.07) is 9.87. The molecule has 1 heterocycles. The van der Waals surface area contributed by atoms with Crippen LogP contribution in [0.25, 0.3) is 0 Å². The molecule has 7 nitrogen and oxygen atoms in total. The minimum Gasteiger partial charge on any atom is 2.00 e. The third-order valence-corrected chi connectivity index (χ3v) is 4.56. The molecule has 1 saturated heterocycles. The van der Waals surface area contributed by atoms with E-state index >= 15 is 0 Å². The fourth-order valence-electron chi connectivity index (χ4n) is 3.29. The summed E-state index contributed by atoms with van der Waals surface area (Å²) in [5.41, 5.74) is 1.08. The maximum atomic E-state index is 10.0. The average molecular weight is 627 g/mol. The van der Waals surface area contributed by atoms with Gasteiger partial charge in [0.25, 0.3) is 0 Å². The first-order valence-corrected chi connectivity index (χ1v) is 10.2. The largest absolute Gasteiger partial charge is 2.00 e. The molecule has 33 heavy (non-hydrogen) atoms. The number of aliphatic hydroxyl groups excluding tert-OH is 1. The van der Waals surface area contributed by atoms with Gasteiger partial charge in [-0.1, -0.05) is 62.4 Å². The second kappa shape index (κ2) is 23.7. The quantitative estimate of drug-likeness (QED) is 0.294. The van der Waals surface area contributed by atoms with Crippen molar-refractivity contribution in [2.24, 2.45) is 0 Å². The predicted molar refractivity (Wildman–Crippen MR) is 113 cm³/mol. The molecule has 1 N–H and O–H groups in total. The molecule has 0 amide bonds. The Hall–Kier alpha value is -1.47. The molecule has 2 aliphatic rings. The summed E-state index contributed by atoms with van der Waals surface area (Å²) in [6.45, 7) is 17.9. The first-order valence-electron chi connectivity index (χ1n) is 10.2. The zero-order chi connectivity index (χ0) is 24.8. The molecule has 3 atom stereocenters. The Labute approximate surface area is 212 Å². The fraction of sp³-hybridized carbons (Fsp3) is 0.560. The Balaban J connectivity index is -0.000000633. The Bertz CT molecular complexity index is 654. The number of hydrogen-bond acceptors (Lipinski definition) is 4. The standard InChI is InChI=1S/C17H21O4.C5H10.3CO.W/c1-4-8-14(18)16-15(20-17(2,3)21-16)12-19-11-13-9-6-5-7-10-13;1-2-4-5-3-1;3*1-2;/h5-7,9-10,14-16,18H,8,11-12H2,2-3H3;1-5H2;;;;/q-1;;;;;+2/t14-,15-,16-;;;;;/m0...../s1. The normalized spacial score (nSPS) is 20.0. The molecule has 1 saturated carbocycles. The van der Waals surface area contributed by atoms with Crippen LogP contribution in [0.15, 0.2) is 30.3 Å². The molecule has 8 heteroatoms. The fourth-order valence-corrected chi connectivity index (χ4v) is 3.29. The summed E-state index contributed by atoms with van der Waals surface area (Å²) in [6.07, 6.45) is 12.9. The van der Waals surface area contributed by atoms with Gasteiger partial charge in [0, 0.05) is 0 Å². The molecule has 0 unspecified atom stereocenters. The van der Waals surface area contributed by atoms with Crippen LogP contribution in [0.1, 0.15) is 57.9 Å². The van der Waals surface area contributed by atoms with Crippen molar-refractivity contribution in [2.75, 3.05) is 6.61 Å². The van der Waals surface area contributed by atoms with Gasteiger partial charge in [0.05, 0.1) is 19.3 Å². The summed E-state index contributed by atoms with van der Waals surface area (Å²) >= 11 is 0. The summed E-state index contributed by atoms with van der Waals surface area (Å²) in [4.78, 5) is 0. The first kappa shape index (κ1) is 36.1. The molecule has 3 rings (SSSR count). The summed E-state index contributed by atoms with van der Waals surface area (Å²) in [5.74, 6) is 1.44. The minimum atomic E-state index is -0.811. The van der Waals surface area contributed by atoms with Crippen LogP contribution in [0.4, 0.5) is 0 Å². The number of hydrogen-bond donors (Lipinski definition) is 1. The second-order valence-electron chi connectivity index (χ2n) is 7.36. The molecule has 1 aliphatic carbocycles. The molecular weight excluding hydrogens is 596 g/mol. The molecule has 0 spiro atoms. The SMILES string of the molecule is C1CCCC1.[C-]#CC[C@H](O)[C@@H]1OC(C)(C)O[C@H]1COCc1ccccc1.[C-]#[O+].[C-]#[O+].[C-]#[O+].[W+2]. The Morgan fingerprint density at radius 1 is 1.00 bits per heavy atom. The first-order chi connectivity index (χ1) is 15.5. The van der Waals surface area contributed by atoms with E-state index < -0.39 is 18.0 Å². The Morgan fingerprint density at radius 2 is 1.48 bits per heavy atom. The maximum Gasteiger partial charge on any atom is 2.00 e. The third kappa shape index (κ3) is 16.7. The van der Waals surface area contributed by atoms with Crippen molar-refractivity contribution in [3.05, 3.63) is 62.3 Å². The van der Waals surface area contributed by atoms with Gasteiger partial charge in [-0.3, -0.25) is 0 Å². The van der Waals surface area contributed by atoms with E-state index in [1.165, 1.54) is 32.1 Å². The molecule has 2 fully saturated rings. The van der Waals surface area contributed by atoms with Gasteiger partial charge in [0.2, 0.25) is 0 Å². The van der Waals surface area contributed by atoms with Crippen LogP contribution in [-0.2, 0) is 55.8 Å². The van der Waals surface area contributed by atoms with Crippen molar-refractivity contribution >= 4 is 0 Å². The van der Waals surface area contributed by atoms with Gasteiger partial charge in [-0.15, -0.1) is 0 Å². The van der Waals surface area contributed by atoms with E-state index in [2.05, 4.69) is 25.9 Å². The van der Waals surface area contributed by atoms with E-state index in [4.69, 9.17) is 34.6 Å². The van der Waals surface area contributed by atoms with Crippen LogP contribution in [0.3, 0.4) is 0 Å². The number of benzene rings is 1. The molecule has 1 aromatic rings. The van der Waals surface area contributed by atoms with Crippen LogP contribution in [0, 0.1) is 32.3 Å². The Kier molecular flexibility index (Phi) is 25.9. The van der Waals surface area contributed by atoms with E-state index in [-0.39, 0.29) is 33.6 Å². The number of aliphatic hydroxyl groups is 1. The van der Waals surface area contributed by atoms with Crippen LogP contribution in [0.5, 0.6) is 0 Å². The maximum absolute atomic E-state index is 10.0. The molecule has 1 aliphatic heterocycles. The monoisotopic (exact) mass is 627 g/mol. The van der Waals surface area contributed by atoms with E-state index in [1.54, 1.807) is 13.8 Å². The molecule has 178 valence electrons. The van der Waals surface area contributed by atoms with Crippen molar-refractivity contribution in [1.82, 2.24) is 0 Å². The zero-order valence-corrected chi connectivity index (χ0v) is 22.0. The molecule has 0 radical (unpaired) electrons. The second-order valence-corrected chi connectivity index (χ2v) is 7.36. The van der Waals surface area contributed by atoms with Crippen molar-refractivity contribution in [1.29, 1.82) is 0 Å². The van der Waals surface area contributed by atoms with Gasteiger partial charge in [-0.25, -0.2) is 0 Å². The van der Waals surface area contributed by atoms with E-state index in [1.807, 2.05) is 30.3 Å². The van der Waals surface area contributed by atoms with Gasteiger partial charge in [0.15, 0.2) is 5.79 Å². The van der Waals surface area contributed by atoms with Crippen LogP contribution in [0.2, 0.25) is 0 Å². The molecular formula is C25H31O7W+. The van der Waals surface area contributed by atoms with Crippen molar-refractivity contribution in [3.8, 4) is 5.92 Å². The van der Waals surface area contributed by atoms with Crippen molar-refractivity contribution in [2.45, 2.75) is 83.1 Å². The van der Waals surface area contributed by atoms with Gasteiger partial charge in [-0.2, -0.15) is 0 Å². The summed E-state index contributed by atoms with van der Waals surface area (Å²) < 4.78 is 39.6. The van der Waals surface area contributed by atoms with Gasteiger partial charge in [-0.05, 0) is 25.8 Å². The zero-order valence-electron chi connectivity index (χ0n) is 19.1. The van der Waals surface area contributed by atoms with E-state index in [0.717, 1.165) is 5.56 Å². The molecule has 0 bridgehead atoms. The van der Waals surface area contributed by atoms with Crippen LogP contribution in [-0.4, -0.2) is 35.8 Å². The predicted octanol–water partition coefficient (Wildman–Crippen LogP) is 3.90. The topological polar surface area (TPSA) is 108 Å². The smallest absolute Gasteiger partial charge is 2.00 e. The van der Waals surface area contributed by atoms with Gasteiger partial charge in [0.1, 0.15) is 12.2 Å². The van der Waals surface area contributed by atoms with Gasteiger partial charge >= 0.3 is 55.0 Å². The van der Waals surface area contributed by atoms with Gasteiger partial charge < -0.3 is 31.7 Å². The summed E-state index contributed by atoms with van der Waals surface area (Å²) in [7, 11) is 0. The van der Waals surface area contributed by atoms with Crippen molar-refractivity contribution < 1.29 is 54.3 Å². The van der Waals surface area contributed by atoms with Crippen LogP contribution < -0.4 is 0 Å². The summed E-state index contributed by atoms with van der Waals surface area (Å²) in [5, 5.41) is 10.0.